The van der Waals surface area contributed by atoms with E-state index in [1.807, 2.05) is 4.90 Å². The van der Waals surface area contributed by atoms with Crippen molar-refractivity contribution in [2.24, 2.45) is 0 Å². The molecule has 4 nitrogen and oxygen atoms in total. The van der Waals surface area contributed by atoms with Gasteiger partial charge in [-0.2, -0.15) is 13.2 Å². The minimum atomic E-state index is -4.34. The molecule has 0 spiro atoms. The maximum absolute atomic E-state index is 12.6. The number of aromatic nitrogens is 1. The molecule has 3 heterocycles. The van der Waals surface area contributed by atoms with Crippen molar-refractivity contribution in [3.63, 3.8) is 0 Å². The molecule has 0 saturated carbocycles. The van der Waals surface area contributed by atoms with Crippen LogP contribution in [-0.4, -0.2) is 53.3 Å². The standard InChI is InChI=1S/C16H22F3N3O/c17-16(18,19)12-3-4-15(20-10-12)21-8-5-13(6-9-21)22-7-1-2-14(23)11-22/h3-4,10,13-14,23H,1-2,5-9,11H2/t14-/m0/s1. The van der Waals surface area contributed by atoms with Gasteiger partial charge in [-0.3, -0.25) is 4.90 Å². The summed E-state index contributed by atoms with van der Waals surface area (Å²) in [6.45, 7) is 3.34. The fourth-order valence-corrected chi connectivity index (χ4v) is 3.52. The van der Waals surface area contributed by atoms with Crippen LogP contribution in [0.3, 0.4) is 0 Å². The number of aliphatic hydroxyl groups is 1. The summed E-state index contributed by atoms with van der Waals surface area (Å²) in [6, 6.07) is 3.00. The van der Waals surface area contributed by atoms with Crippen molar-refractivity contribution in [3.8, 4) is 0 Å². The average Bonchev–Trinajstić information content (AvgIpc) is 2.54. The van der Waals surface area contributed by atoms with E-state index >= 15 is 0 Å². The molecule has 3 rings (SSSR count). The molecule has 2 fully saturated rings. The van der Waals surface area contributed by atoms with Crippen LogP contribution in [-0.2, 0) is 6.18 Å². The van der Waals surface area contributed by atoms with Crippen LogP contribution >= 0.6 is 0 Å². The molecule has 1 aromatic rings. The molecule has 2 aliphatic rings. The molecule has 2 saturated heterocycles. The van der Waals surface area contributed by atoms with E-state index in [-0.39, 0.29) is 6.10 Å². The van der Waals surface area contributed by atoms with Gasteiger partial charge < -0.3 is 10.0 Å². The van der Waals surface area contributed by atoms with Gasteiger partial charge in [-0.25, -0.2) is 4.98 Å². The minimum absolute atomic E-state index is 0.224. The van der Waals surface area contributed by atoms with Gasteiger partial charge in [0.25, 0.3) is 0 Å². The van der Waals surface area contributed by atoms with Crippen LogP contribution < -0.4 is 4.90 Å². The summed E-state index contributed by atoms with van der Waals surface area (Å²) in [6.07, 6.45) is 0.159. The second-order valence-electron chi connectivity index (χ2n) is 6.41. The predicted molar refractivity (Wildman–Crippen MR) is 81.3 cm³/mol. The smallest absolute Gasteiger partial charge is 0.392 e. The van der Waals surface area contributed by atoms with Crippen molar-refractivity contribution in [2.75, 3.05) is 31.1 Å². The molecule has 0 radical (unpaired) electrons. The SMILES string of the molecule is O[C@H]1CCCN(C2CCN(c3ccc(C(F)(F)F)cn3)CC2)C1. The lowest BCUT2D eigenvalue weighted by Crippen LogP contribution is -2.49. The molecule has 0 aromatic carbocycles. The number of β-amino-alcohol motifs (C(OH)–C–C–N with tert-alkyl or cyclic N) is 1. The zero-order valence-corrected chi connectivity index (χ0v) is 13.0. The molecule has 0 unspecified atom stereocenters. The Morgan fingerprint density at radius 1 is 1.09 bits per heavy atom. The molecule has 23 heavy (non-hydrogen) atoms. The number of nitrogens with zero attached hydrogens (tertiary/aromatic N) is 3. The Hall–Kier alpha value is -1.34. The third-order valence-corrected chi connectivity index (χ3v) is 4.81. The van der Waals surface area contributed by atoms with Gasteiger partial charge in [0, 0.05) is 31.9 Å². The molecule has 2 aliphatic heterocycles. The molecule has 128 valence electrons. The predicted octanol–water partition coefficient (Wildman–Crippen LogP) is 2.53. The van der Waals surface area contributed by atoms with E-state index in [0.29, 0.717) is 11.9 Å². The van der Waals surface area contributed by atoms with Gasteiger partial charge in [0.05, 0.1) is 11.7 Å². The molecule has 0 amide bonds. The van der Waals surface area contributed by atoms with Crippen molar-refractivity contribution >= 4 is 5.82 Å². The van der Waals surface area contributed by atoms with Gasteiger partial charge in [0.1, 0.15) is 5.82 Å². The summed E-state index contributed by atoms with van der Waals surface area (Å²) < 4.78 is 37.7. The monoisotopic (exact) mass is 329 g/mol. The lowest BCUT2D eigenvalue weighted by Gasteiger charge is -2.41. The number of alkyl halides is 3. The second-order valence-corrected chi connectivity index (χ2v) is 6.41. The summed E-state index contributed by atoms with van der Waals surface area (Å²) in [7, 11) is 0. The van der Waals surface area contributed by atoms with Crippen molar-refractivity contribution < 1.29 is 18.3 Å². The zero-order chi connectivity index (χ0) is 16.4. The van der Waals surface area contributed by atoms with Crippen molar-refractivity contribution in [3.05, 3.63) is 23.9 Å². The highest BCUT2D eigenvalue weighted by molar-refractivity contribution is 5.40. The van der Waals surface area contributed by atoms with Crippen LogP contribution in [0.5, 0.6) is 0 Å². The molecule has 0 aliphatic carbocycles. The first-order valence-corrected chi connectivity index (χ1v) is 8.14. The van der Waals surface area contributed by atoms with E-state index in [2.05, 4.69) is 9.88 Å². The number of aliphatic hydroxyl groups excluding tert-OH is 1. The largest absolute Gasteiger partial charge is 0.417 e. The third-order valence-electron chi connectivity index (χ3n) is 4.81. The Balaban J connectivity index is 1.56. The maximum Gasteiger partial charge on any atom is 0.417 e. The summed E-state index contributed by atoms with van der Waals surface area (Å²) in [5.41, 5.74) is -0.710. The molecule has 0 bridgehead atoms. The van der Waals surface area contributed by atoms with Gasteiger partial charge >= 0.3 is 6.18 Å². The van der Waals surface area contributed by atoms with Crippen molar-refractivity contribution in [1.82, 2.24) is 9.88 Å². The van der Waals surface area contributed by atoms with E-state index in [9.17, 15) is 18.3 Å². The van der Waals surface area contributed by atoms with Gasteiger partial charge in [0.15, 0.2) is 0 Å². The van der Waals surface area contributed by atoms with E-state index in [1.165, 1.54) is 6.07 Å². The lowest BCUT2D eigenvalue weighted by molar-refractivity contribution is -0.137. The van der Waals surface area contributed by atoms with Crippen LogP contribution in [0.4, 0.5) is 19.0 Å². The van der Waals surface area contributed by atoms with Crippen LogP contribution in [0.1, 0.15) is 31.2 Å². The van der Waals surface area contributed by atoms with Gasteiger partial charge in [-0.05, 0) is 44.4 Å². The maximum atomic E-state index is 12.6. The summed E-state index contributed by atoms with van der Waals surface area (Å²) >= 11 is 0. The number of pyridine rings is 1. The molecule has 1 N–H and O–H groups in total. The normalized spacial score (nSPS) is 24.9. The second kappa shape index (κ2) is 6.65. The third kappa shape index (κ3) is 3.95. The highest BCUT2D eigenvalue weighted by Gasteiger charge is 2.32. The number of rotatable bonds is 2. The average molecular weight is 329 g/mol. The van der Waals surface area contributed by atoms with E-state index in [0.717, 1.165) is 64.1 Å². The summed E-state index contributed by atoms with van der Waals surface area (Å²) in [5.74, 6) is 0.607. The minimum Gasteiger partial charge on any atom is -0.392 e. The van der Waals surface area contributed by atoms with E-state index in [4.69, 9.17) is 0 Å². The highest BCUT2D eigenvalue weighted by Crippen LogP contribution is 2.30. The Labute approximate surface area is 133 Å². The molecular formula is C16H22F3N3O. The van der Waals surface area contributed by atoms with Gasteiger partial charge in [-0.1, -0.05) is 0 Å². The van der Waals surface area contributed by atoms with E-state index < -0.39 is 11.7 Å². The Morgan fingerprint density at radius 2 is 1.83 bits per heavy atom. The molecule has 7 heteroatoms. The van der Waals surface area contributed by atoms with Crippen LogP contribution in [0.25, 0.3) is 0 Å². The first-order chi connectivity index (χ1) is 10.9. The molecular weight excluding hydrogens is 307 g/mol. The van der Waals surface area contributed by atoms with E-state index in [1.54, 1.807) is 0 Å². The molecule has 1 atom stereocenters. The fraction of sp³-hybridized carbons (Fsp3) is 0.688. The lowest BCUT2D eigenvalue weighted by atomic mass is 9.99. The summed E-state index contributed by atoms with van der Waals surface area (Å²) in [5, 5.41) is 9.78. The van der Waals surface area contributed by atoms with Crippen LogP contribution in [0.15, 0.2) is 18.3 Å². The fourth-order valence-electron chi connectivity index (χ4n) is 3.52. The van der Waals surface area contributed by atoms with Crippen molar-refractivity contribution in [1.29, 1.82) is 0 Å². The number of likely N-dealkylation sites (tertiary alicyclic amines) is 1. The van der Waals surface area contributed by atoms with Gasteiger partial charge in [0.2, 0.25) is 0 Å². The number of halogens is 3. The Morgan fingerprint density at radius 3 is 2.39 bits per heavy atom. The number of anilines is 1. The van der Waals surface area contributed by atoms with Crippen molar-refractivity contribution in [2.45, 2.75) is 44.0 Å². The Kier molecular flexibility index (Phi) is 4.77. The topological polar surface area (TPSA) is 39.6 Å². The van der Waals surface area contributed by atoms with Gasteiger partial charge in [-0.15, -0.1) is 0 Å². The first-order valence-electron chi connectivity index (χ1n) is 8.14. The van der Waals surface area contributed by atoms with Crippen LogP contribution in [0.2, 0.25) is 0 Å². The quantitative estimate of drug-likeness (QED) is 0.905. The highest BCUT2D eigenvalue weighted by atomic mass is 19.4. The molecule has 1 aromatic heterocycles. The summed E-state index contributed by atoms with van der Waals surface area (Å²) in [4.78, 5) is 8.36. The number of piperidine rings is 2. The first kappa shape index (κ1) is 16.5. The zero-order valence-electron chi connectivity index (χ0n) is 13.0. The Bertz CT molecular complexity index is 512. The number of hydrogen-bond donors (Lipinski definition) is 1. The number of hydrogen-bond acceptors (Lipinski definition) is 4. The van der Waals surface area contributed by atoms with Crippen LogP contribution in [0, 0.1) is 0 Å².